The second-order valence-corrected chi connectivity index (χ2v) is 13.5. The Morgan fingerprint density at radius 1 is 0.405 bits per heavy atom. The van der Waals surface area contributed by atoms with Gasteiger partial charge in [-0.05, 0) is 38.5 Å². The lowest BCUT2D eigenvalue weighted by atomic mass is 10.1. The van der Waals surface area contributed by atoms with Crippen LogP contribution in [0.4, 0.5) is 0 Å². The monoisotopic (exact) mass is 788 g/mol. The molecule has 0 heterocycles. The molecule has 9 heteroatoms. The molecule has 0 N–H and O–H groups in total. The molecule has 0 atom stereocenters. The highest BCUT2D eigenvalue weighted by molar-refractivity contribution is 9.09. The fourth-order valence-corrected chi connectivity index (χ4v) is 5.83. The maximum atomic E-state index is 12.5. The molecular formula is C33H59Br3O6. The van der Waals surface area contributed by atoms with Gasteiger partial charge in [0.2, 0.25) is 0 Å². The highest BCUT2D eigenvalue weighted by Crippen LogP contribution is 2.14. The number of hydrogen-bond acceptors (Lipinski definition) is 6. The molecule has 0 spiro atoms. The third-order valence-electron chi connectivity index (χ3n) is 7.19. The molecule has 248 valence electrons. The Labute approximate surface area is 282 Å². The van der Waals surface area contributed by atoms with E-state index in [-0.39, 0.29) is 30.9 Å². The van der Waals surface area contributed by atoms with Crippen LogP contribution in [-0.2, 0) is 28.6 Å². The summed E-state index contributed by atoms with van der Waals surface area (Å²) in [5, 5.41) is 3.17. The highest BCUT2D eigenvalue weighted by atomic mass is 79.9. The molecule has 42 heavy (non-hydrogen) atoms. The summed E-state index contributed by atoms with van der Waals surface area (Å²) in [6.07, 6.45) is 23.4. The molecule has 0 aromatic rings. The Balaban J connectivity index is 4.34. The van der Waals surface area contributed by atoms with Crippen molar-refractivity contribution >= 4 is 65.7 Å². The summed E-state index contributed by atoms with van der Waals surface area (Å²) in [4.78, 5) is 37.1. The van der Waals surface area contributed by atoms with E-state index in [1.54, 1.807) is 0 Å². The normalized spacial score (nSPS) is 11.1. The fourth-order valence-electron chi connectivity index (χ4n) is 4.64. The second kappa shape index (κ2) is 33.7. The first-order valence-corrected chi connectivity index (χ1v) is 20.1. The molecule has 0 aromatic carbocycles. The van der Waals surface area contributed by atoms with E-state index in [4.69, 9.17) is 14.2 Å². The SMILES string of the molecule is O=C(CCCCCCCCCBr)OCCC(OC(=O)CCCCCCCCCBr)OC(=O)CCCCCCCCCBr. The predicted molar refractivity (Wildman–Crippen MR) is 184 cm³/mol. The highest BCUT2D eigenvalue weighted by Gasteiger charge is 2.20. The minimum absolute atomic E-state index is 0.0689. The van der Waals surface area contributed by atoms with Crippen molar-refractivity contribution in [3.8, 4) is 0 Å². The first-order valence-electron chi connectivity index (χ1n) is 16.8. The number of ether oxygens (including phenoxy) is 3. The van der Waals surface area contributed by atoms with Crippen molar-refractivity contribution in [2.45, 2.75) is 167 Å². The quantitative estimate of drug-likeness (QED) is 0.0292. The molecule has 6 nitrogen and oxygen atoms in total. The first-order chi connectivity index (χ1) is 20.5. The summed E-state index contributed by atoms with van der Waals surface area (Å²) in [6, 6.07) is 0. The zero-order valence-corrected chi connectivity index (χ0v) is 30.9. The van der Waals surface area contributed by atoms with E-state index in [2.05, 4.69) is 47.8 Å². The first kappa shape index (κ1) is 41.9. The van der Waals surface area contributed by atoms with Gasteiger partial charge in [-0.2, -0.15) is 0 Å². The van der Waals surface area contributed by atoms with E-state index in [0.717, 1.165) is 73.8 Å². The van der Waals surface area contributed by atoms with Crippen LogP contribution in [0.3, 0.4) is 0 Å². The van der Waals surface area contributed by atoms with E-state index >= 15 is 0 Å². The van der Waals surface area contributed by atoms with Gasteiger partial charge in [0, 0.05) is 35.3 Å². The maximum Gasteiger partial charge on any atom is 0.308 e. The summed E-state index contributed by atoms with van der Waals surface area (Å²) >= 11 is 10.4. The Morgan fingerprint density at radius 2 is 0.690 bits per heavy atom. The summed E-state index contributed by atoms with van der Waals surface area (Å²) < 4.78 is 16.4. The van der Waals surface area contributed by atoms with Crippen LogP contribution in [0.15, 0.2) is 0 Å². The molecule has 0 radical (unpaired) electrons. The molecular weight excluding hydrogens is 732 g/mol. The zero-order chi connectivity index (χ0) is 30.9. The van der Waals surface area contributed by atoms with Crippen LogP contribution in [-0.4, -0.2) is 46.8 Å². The third kappa shape index (κ3) is 31.3. The minimum Gasteiger partial charge on any atom is -0.465 e. The number of esters is 3. The fraction of sp³-hybridized carbons (Fsp3) is 0.909. The summed E-state index contributed by atoms with van der Waals surface area (Å²) in [7, 11) is 0. The molecule has 0 aliphatic heterocycles. The van der Waals surface area contributed by atoms with Crippen molar-refractivity contribution in [3.05, 3.63) is 0 Å². The van der Waals surface area contributed by atoms with Gasteiger partial charge in [-0.1, -0.05) is 144 Å². The van der Waals surface area contributed by atoms with Crippen LogP contribution >= 0.6 is 47.8 Å². The van der Waals surface area contributed by atoms with Crippen LogP contribution in [0.25, 0.3) is 0 Å². The van der Waals surface area contributed by atoms with Crippen LogP contribution < -0.4 is 0 Å². The Morgan fingerprint density at radius 3 is 1.02 bits per heavy atom. The van der Waals surface area contributed by atoms with Gasteiger partial charge in [0.15, 0.2) is 0 Å². The molecule has 0 saturated heterocycles. The minimum atomic E-state index is -1.01. The van der Waals surface area contributed by atoms with Crippen molar-refractivity contribution in [3.63, 3.8) is 0 Å². The standard InChI is InChI=1S/C33H59Br3O6/c34-26-19-13-7-1-4-10-16-22-30(37)40-29-25-33(41-31(38)23-17-11-5-2-8-14-20-27-35)42-32(39)24-18-12-6-3-9-15-21-28-36/h33H,1-29H2. The van der Waals surface area contributed by atoms with E-state index in [1.807, 2.05) is 0 Å². The van der Waals surface area contributed by atoms with Gasteiger partial charge in [0.05, 0.1) is 13.0 Å². The molecule has 0 saturated carbocycles. The van der Waals surface area contributed by atoms with Crippen LogP contribution in [0.5, 0.6) is 0 Å². The van der Waals surface area contributed by atoms with Crippen molar-refractivity contribution in [1.29, 1.82) is 0 Å². The van der Waals surface area contributed by atoms with Gasteiger partial charge in [0.1, 0.15) is 0 Å². The van der Waals surface area contributed by atoms with Gasteiger partial charge < -0.3 is 14.2 Å². The van der Waals surface area contributed by atoms with E-state index in [1.165, 1.54) is 77.0 Å². The zero-order valence-electron chi connectivity index (χ0n) is 26.2. The van der Waals surface area contributed by atoms with Crippen molar-refractivity contribution in [2.75, 3.05) is 22.6 Å². The number of carbonyl (C=O) groups is 3. The van der Waals surface area contributed by atoms with Gasteiger partial charge in [0.25, 0.3) is 6.29 Å². The van der Waals surface area contributed by atoms with Crippen LogP contribution in [0.1, 0.15) is 161 Å². The lowest BCUT2D eigenvalue weighted by Gasteiger charge is -2.18. The van der Waals surface area contributed by atoms with Crippen molar-refractivity contribution < 1.29 is 28.6 Å². The molecule has 0 amide bonds. The molecule has 0 bridgehead atoms. The average molecular weight is 792 g/mol. The topological polar surface area (TPSA) is 78.9 Å². The van der Waals surface area contributed by atoms with Gasteiger partial charge in [-0.25, -0.2) is 0 Å². The van der Waals surface area contributed by atoms with Crippen LogP contribution in [0, 0.1) is 0 Å². The average Bonchev–Trinajstić information content (AvgIpc) is 2.97. The van der Waals surface area contributed by atoms with Crippen LogP contribution in [0.2, 0.25) is 0 Å². The van der Waals surface area contributed by atoms with Gasteiger partial charge >= 0.3 is 17.9 Å². The lowest BCUT2D eigenvalue weighted by molar-refractivity contribution is -0.191. The summed E-state index contributed by atoms with van der Waals surface area (Å²) in [5.41, 5.74) is 0. The Bertz CT molecular complexity index is 601. The van der Waals surface area contributed by atoms with E-state index in [9.17, 15) is 14.4 Å². The second-order valence-electron chi connectivity index (χ2n) is 11.2. The maximum absolute atomic E-state index is 12.5. The van der Waals surface area contributed by atoms with Crippen molar-refractivity contribution in [1.82, 2.24) is 0 Å². The van der Waals surface area contributed by atoms with Crippen molar-refractivity contribution in [2.24, 2.45) is 0 Å². The van der Waals surface area contributed by atoms with E-state index < -0.39 is 6.29 Å². The Kier molecular flexibility index (Phi) is 33.6. The number of alkyl halides is 3. The molecule has 0 fully saturated rings. The molecule has 0 rings (SSSR count). The third-order valence-corrected chi connectivity index (χ3v) is 8.87. The number of unbranched alkanes of at least 4 members (excludes halogenated alkanes) is 18. The molecule has 0 aliphatic carbocycles. The van der Waals surface area contributed by atoms with E-state index in [0.29, 0.717) is 19.3 Å². The number of halogens is 3. The summed E-state index contributed by atoms with van der Waals surface area (Å²) in [5.74, 6) is -0.978. The smallest absolute Gasteiger partial charge is 0.308 e. The largest absolute Gasteiger partial charge is 0.465 e. The predicted octanol–water partition coefficient (Wildman–Crippen LogP) is 10.9. The Hall–Kier alpha value is -0.150. The number of hydrogen-bond donors (Lipinski definition) is 0. The van der Waals surface area contributed by atoms with Gasteiger partial charge in [-0.15, -0.1) is 0 Å². The number of rotatable bonds is 32. The molecule has 0 aliphatic rings. The molecule has 0 unspecified atom stereocenters. The summed E-state index contributed by atoms with van der Waals surface area (Å²) in [6.45, 7) is 0.0689. The lowest BCUT2D eigenvalue weighted by Crippen LogP contribution is -2.26. The number of carbonyl (C=O) groups excluding carboxylic acids is 3. The molecule has 0 aromatic heterocycles. The van der Waals surface area contributed by atoms with Gasteiger partial charge in [-0.3, -0.25) is 14.4 Å².